The highest BCUT2D eigenvalue weighted by atomic mass is 32.1. The van der Waals surface area contributed by atoms with Crippen molar-refractivity contribution >= 4 is 138 Å². The highest BCUT2D eigenvalue weighted by molar-refractivity contribution is 7.26. The number of rotatable bonds is 9. The van der Waals surface area contributed by atoms with E-state index in [9.17, 15) is 0 Å². The Morgan fingerprint density at radius 1 is 0.316 bits per heavy atom. The van der Waals surface area contributed by atoms with Crippen molar-refractivity contribution < 1.29 is 0 Å². The highest BCUT2D eigenvalue weighted by Crippen LogP contribution is 2.54. The van der Waals surface area contributed by atoms with Crippen LogP contribution in [0.1, 0.15) is 52.7 Å². The molecule has 5 heteroatoms. The summed E-state index contributed by atoms with van der Waals surface area (Å²) in [5.41, 5.74) is 25.6. The fraction of sp³-hybridized carbons (Fsp3) is 0.0889. The first-order valence-corrected chi connectivity index (χ1v) is 34.2. The smallest absolute Gasteiger partial charge is 0.252 e. The summed E-state index contributed by atoms with van der Waals surface area (Å²) in [5, 5.41) is 10.2. The van der Waals surface area contributed by atoms with Gasteiger partial charge in [0.15, 0.2) is 0 Å². The van der Waals surface area contributed by atoms with E-state index in [4.69, 9.17) is 0 Å². The van der Waals surface area contributed by atoms with E-state index in [0.29, 0.717) is 0 Å². The van der Waals surface area contributed by atoms with E-state index in [1.54, 1.807) is 0 Å². The number of hydrogen-bond donors (Lipinski definition) is 0. The quantitative estimate of drug-likeness (QED) is 0.105. The Labute approximate surface area is 560 Å². The summed E-state index contributed by atoms with van der Waals surface area (Å²) in [7, 11) is 0. The fourth-order valence-electron chi connectivity index (χ4n) is 15.7. The van der Waals surface area contributed by atoms with Crippen LogP contribution in [0.5, 0.6) is 0 Å². The zero-order chi connectivity index (χ0) is 63.8. The summed E-state index contributed by atoms with van der Waals surface area (Å²) in [6, 6.07) is 115. The molecule has 0 saturated heterocycles. The Morgan fingerprint density at radius 3 is 1.52 bits per heavy atom. The van der Waals surface area contributed by atoms with Gasteiger partial charge in [0.05, 0.1) is 21.8 Å². The van der Waals surface area contributed by atoms with Crippen LogP contribution in [0.3, 0.4) is 0 Å². The van der Waals surface area contributed by atoms with Crippen LogP contribution in [0.25, 0.3) is 97.0 Å². The summed E-state index contributed by atoms with van der Waals surface area (Å²) in [6.45, 7) is 13.9. The maximum absolute atomic E-state index is 2.67. The number of thiophene rings is 1. The standard InChI is InChI=1S/C90H68BN3S/c1-89(2,3)65-44-48-78(74(54-65)63-50-61-42-40-59-28-22-29-60-41-43-62(51-63)86(61)85(59)60)93-79-49-45-66(90(4,5)6)55-76(79)91-75-47-46-68(92(67-30-14-9-15-31-67)80-38-23-36-73-72-35-19-21-39-84(72)95-88(73)80)56-81(75)94(77-37-20-18-34-71(77)58-26-12-8-13-27-58)83-53-64(52-82(93)87(83)91)70-33-17-16-32-69(70)57-24-10-7-11-25-57/h7-56H,1-6H3. The molecule has 452 valence electrons. The molecule has 3 heterocycles. The van der Waals surface area contributed by atoms with Crippen molar-refractivity contribution in [2.24, 2.45) is 0 Å². The van der Waals surface area contributed by atoms with Crippen molar-refractivity contribution in [3.8, 4) is 44.5 Å². The normalized spacial score (nSPS) is 12.9. The molecule has 3 nitrogen and oxygen atoms in total. The summed E-state index contributed by atoms with van der Waals surface area (Å²) < 4.78 is 2.54. The number of nitrogens with zero attached hydrogens (tertiary/aromatic N) is 3. The number of benzene rings is 15. The fourth-order valence-corrected chi connectivity index (χ4v) is 16.9. The van der Waals surface area contributed by atoms with Gasteiger partial charge < -0.3 is 14.7 Å². The lowest BCUT2D eigenvalue weighted by atomic mass is 9.33. The van der Waals surface area contributed by atoms with Gasteiger partial charge in [0.25, 0.3) is 6.71 Å². The zero-order valence-corrected chi connectivity index (χ0v) is 55.0. The van der Waals surface area contributed by atoms with Crippen molar-refractivity contribution in [2.45, 2.75) is 52.4 Å². The minimum absolute atomic E-state index is 0.133. The molecular formula is C90H68BN3S. The summed E-state index contributed by atoms with van der Waals surface area (Å²) in [5.74, 6) is 0. The van der Waals surface area contributed by atoms with Crippen LogP contribution in [0.2, 0.25) is 0 Å². The van der Waals surface area contributed by atoms with Gasteiger partial charge in [0.1, 0.15) is 0 Å². The SMILES string of the molecule is CC(C)(C)c1ccc2c(c1)B1c3ccc(N(c4ccccc4)c4cccc5c4sc4ccccc45)cc3N(c3ccccc3-c3ccccc3)c3cc(-c4ccccc4-c4ccccc4)cc(c31)N2c1ccc(C(C)(C)C)cc1-c1cc2ccc3cccc4ccc(c1)c2c34. The Balaban J connectivity index is 0.968. The zero-order valence-electron chi connectivity index (χ0n) is 54.2. The molecule has 0 saturated carbocycles. The van der Waals surface area contributed by atoms with Gasteiger partial charge in [-0.2, -0.15) is 0 Å². The number of fused-ring (bicyclic) bond motifs is 7. The van der Waals surface area contributed by atoms with Crippen LogP contribution in [0.15, 0.2) is 303 Å². The van der Waals surface area contributed by atoms with Gasteiger partial charge in [-0.15, -0.1) is 11.3 Å². The molecule has 0 atom stereocenters. The molecule has 18 rings (SSSR count). The average molecular weight is 1230 g/mol. The van der Waals surface area contributed by atoms with Gasteiger partial charge in [0, 0.05) is 60.7 Å². The van der Waals surface area contributed by atoms with Crippen LogP contribution in [0, 0.1) is 0 Å². The Morgan fingerprint density at radius 2 is 0.832 bits per heavy atom. The van der Waals surface area contributed by atoms with E-state index in [1.165, 1.54) is 114 Å². The van der Waals surface area contributed by atoms with Crippen molar-refractivity contribution in [1.29, 1.82) is 0 Å². The topological polar surface area (TPSA) is 9.72 Å². The van der Waals surface area contributed by atoms with Crippen molar-refractivity contribution in [3.63, 3.8) is 0 Å². The Bertz CT molecular complexity index is 5660. The van der Waals surface area contributed by atoms with Gasteiger partial charge >= 0.3 is 0 Å². The van der Waals surface area contributed by atoms with Gasteiger partial charge in [-0.3, -0.25) is 0 Å². The van der Waals surface area contributed by atoms with Crippen LogP contribution < -0.4 is 31.1 Å². The van der Waals surface area contributed by atoms with Crippen LogP contribution in [-0.2, 0) is 10.8 Å². The highest BCUT2D eigenvalue weighted by Gasteiger charge is 2.45. The van der Waals surface area contributed by atoms with Crippen molar-refractivity contribution in [3.05, 3.63) is 314 Å². The molecule has 0 bridgehead atoms. The van der Waals surface area contributed by atoms with Crippen molar-refractivity contribution in [1.82, 2.24) is 0 Å². The van der Waals surface area contributed by atoms with E-state index < -0.39 is 0 Å². The monoisotopic (exact) mass is 1230 g/mol. The first-order valence-electron chi connectivity index (χ1n) is 33.3. The van der Waals surface area contributed by atoms with E-state index in [-0.39, 0.29) is 17.5 Å². The number of anilines is 9. The molecule has 0 unspecified atom stereocenters. The molecule has 0 aliphatic carbocycles. The van der Waals surface area contributed by atoms with Crippen LogP contribution in [0.4, 0.5) is 51.2 Å². The summed E-state index contributed by atoms with van der Waals surface area (Å²) in [6.07, 6.45) is 0. The van der Waals surface area contributed by atoms with Gasteiger partial charge in [-0.1, -0.05) is 260 Å². The maximum atomic E-state index is 2.67. The van der Waals surface area contributed by atoms with Gasteiger partial charge in [0.2, 0.25) is 0 Å². The predicted molar refractivity (Wildman–Crippen MR) is 411 cm³/mol. The average Bonchev–Trinajstić information content (AvgIpc) is 1.11. The molecular weight excluding hydrogens is 1170 g/mol. The molecule has 1 aromatic heterocycles. The molecule has 15 aromatic carbocycles. The second kappa shape index (κ2) is 21.8. The second-order valence-corrected chi connectivity index (χ2v) is 29.1. The van der Waals surface area contributed by atoms with E-state index in [1.807, 2.05) is 11.3 Å². The third-order valence-corrected chi connectivity index (χ3v) is 21.5. The molecule has 16 aromatic rings. The van der Waals surface area contributed by atoms with Gasteiger partial charge in [-0.25, -0.2) is 0 Å². The molecule has 0 N–H and O–H groups in total. The summed E-state index contributed by atoms with van der Waals surface area (Å²) in [4.78, 5) is 7.82. The second-order valence-electron chi connectivity index (χ2n) is 28.0. The minimum atomic E-state index is -0.178. The molecule has 95 heavy (non-hydrogen) atoms. The third kappa shape index (κ3) is 9.23. The summed E-state index contributed by atoms with van der Waals surface area (Å²) >= 11 is 1.87. The molecule has 2 aliphatic heterocycles. The largest absolute Gasteiger partial charge is 0.311 e. The maximum Gasteiger partial charge on any atom is 0.252 e. The van der Waals surface area contributed by atoms with Gasteiger partial charge in [-0.05, 0) is 189 Å². The number of para-hydroxylation sites is 2. The molecule has 2 aliphatic rings. The molecule has 0 fully saturated rings. The number of hydrogen-bond acceptors (Lipinski definition) is 4. The first kappa shape index (κ1) is 56.8. The molecule has 0 radical (unpaired) electrons. The van der Waals surface area contributed by atoms with E-state index in [0.717, 1.165) is 62.2 Å². The van der Waals surface area contributed by atoms with Crippen LogP contribution in [-0.4, -0.2) is 6.71 Å². The van der Waals surface area contributed by atoms with Crippen LogP contribution >= 0.6 is 11.3 Å². The Hall–Kier alpha value is -11.0. The lowest BCUT2D eigenvalue weighted by Gasteiger charge is -2.46. The minimum Gasteiger partial charge on any atom is -0.311 e. The predicted octanol–water partition coefficient (Wildman–Crippen LogP) is 23.8. The Kier molecular flexibility index (Phi) is 13.0. The molecule has 0 amide bonds. The first-order chi connectivity index (χ1) is 46.4. The van der Waals surface area contributed by atoms with Crippen molar-refractivity contribution in [2.75, 3.05) is 14.7 Å². The van der Waals surface area contributed by atoms with E-state index >= 15 is 0 Å². The third-order valence-electron chi connectivity index (χ3n) is 20.2. The molecule has 0 spiro atoms. The van der Waals surface area contributed by atoms with E-state index in [2.05, 4.69) is 360 Å². The lowest BCUT2D eigenvalue weighted by Crippen LogP contribution is -2.61. The lowest BCUT2D eigenvalue weighted by molar-refractivity contribution is 0.590.